The minimum atomic E-state index is -0.815. The van der Waals surface area contributed by atoms with Crippen LogP contribution in [0.3, 0.4) is 0 Å². The van der Waals surface area contributed by atoms with Gasteiger partial charge in [-0.15, -0.1) is 0 Å². The highest BCUT2D eigenvalue weighted by Crippen LogP contribution is 2.49. The summed E-state index contributed by atoms with van der Waals surface area (Å²) in [4.78, 5) is 22.9. The summed E-state index contributed by atoms with van der Waals surface area (Å²) in [6.07, 6.45) is 3.67. The molecule has 1 fully saturated rings. The molecule has 1 aliphatic carbocycles. The molecule has 2 rings (SSSR count). The third-order valence-electron chi connectivity index (χ3n) is 2.11. The number of halogens is 3. The quantitative estimate of drug-likeness (QED) is 0.210. The zero-order chi connectivity index (χ0) is 10.5. The highest BCUT2D eigenvalue weighted by atomic mass is 127. The van der Waals surface area contributed by atoms with Crippen LogP contribution >= 0.6 is 67.8 Å². The van der Waals surface area contributed by atoms with Crippen LogP contribution in [-0.2, 0) is 14.3 Å². The van der Waals surface area contributed by atoms with E-state index >= 15 is 0 Å². The predicted molar refractivity (Wildman–Crippen MR) is 75.5 cm³/mol. The van der Waals surface area contributed by atoms with Crippen LogP contribution in [0.5, 0.6) is 0 Å². The van der Waals surface area contributed by atoms with Crippen LogP contribution in [0, 0.1) is 5.92 Å². The highest BCUT2D eigenvalue weighted by Gasteiger charge is 2.58. The summed E-state index contributed by atoms with van der Waals surface area (Å²) in [5.74, 6) is -1.35. The Bertz CT molecular complexity index is 399. The number of hydrogen-bond acceptors (Lipinski definition) is 3. The standard InChI is InChI=1S/C8H3I3O3/c9-3-1-4-6(12)14-7(13)8(4,11)5(10)2-3/h1-2,4H. The molecule has 0 spiro atoms. The second-order valence-corrected chi connectivity index (χ2v) is 7.05. The van der Waals surface area contributed by atoms with Crippen molar-refractivity contribution in [2.75, 3.05) is 0 Å². The average molecular weight is 528 g/mol. The Morgan fingerprint density at radius 1 is 1.36 bits per heavy atom. The fourth-order valence-electron chi connectivity index (χ4n) is 1.38. The minimum absolute atomic E-state index is 0.444. The third-order valence-corrected chi connectivity index (χ3v) is 6.67. The molecule has 14 heavy (non-hydrogen) atoms. The molecule has 0 N–H and O–H groups in total. The van der Waals surface area contributed by atoms with Crippen LogP contribution in [0.25, 0.3) is 0 Å². The van der Waals surface area contributed by atoms with E-state index in [2.05, 4.69) is 49.9 Å². The molecule has 1 heterocycles. The lowest BCUT2D eigenvalue weighted by Gasteiger charge is -2.24. The van der Waals surface area contributed by atoms with E-state index < -0.39 is 21.3 Å². The number of ether oxygens (including phenoxy) is 1. The first-order valence-electron chi connectivity index (χ1n) is 3.66. The molecule has 2 unspecified atom stereocenters. The lowest BCUT2D eigenvalue weighted by molar-refractivity contribution is -0.152. The molecule has 0 aromatic heterocycles. The van der Waals surface area contributed by atoms with Crippen LogP contribution in [0.4, 0.5) is 0 Å². The molecule has 0 bridgehead atoms. The maximum atomic E-state index is 11.5. The number of fused-ring (bicyclic) bond motifs is 1. The Morgan fingerprint density at radius 3 is 2.64 bits per heavy atom. The van der Waals surface area contributed by atoms with E-state index in [0.717, 1.165) is 7.16 Å². The first-order valence-corrected chi connectivity index (χ1v) is 6.90. The smallest absolute Gasteiger partial charge is 0.335 e. The summed E-state index contributed by atoms with van der Waals surface area (Å²) in [6.45, 7) is 0. The fourth-order valence-corrected chi connectivity index (χ4v) is 4.24. The van der Waals surface area contributed by atoms with Gasteiger partial charge in [-0.3, -0.25) is 4.79 Å². The zero-order valence-electron chi connectivity index (χ0n) is 6.59. The van der Waals surface area contributed by atoms with Crippen molar-refractivity contribution >= 4 is 79.7 Å². The fraction of sp³-hybridized carbons (Fsp3) is 0.250. The lowest BCUT2D eigenvalue weighted by Crippen LogP contribution is -2.35. The number of hydrogen-bond donors (Lipinski definition) is 0. The monoisotopic (exact) mass is 528 g/mol. The Labute approximate surface area is 121 Å². The van der Waals surface area contributed by atoms with Crippen molar-refractivity contribution in [2.45, 2.75) is 3.42 Å². The molecular formula is C8H3I3O3. The van der Waals surface area contributed by atoms with Crippen molar-refractivity contribution in [3.63, 3.8) is 0 Å². The third kappa shape index (κ3) is 1.47. The van der Waals surface area contributed by atoms with Gasteiger partial charge in [-0.1, -0.05) is 28.7 Å². The average Bonchev–Trinajstić information content (AvgIpc) is 2.29. The van der Waals surface area contributed by atoms with Crippen LogP contribution in [0.15, 0.2) is 19.3 Å². The summed E-state index contributed by atoms with van der Waals surface area (Å²) < 4.78 is 5.65. The molecular weight excluding hydrogens is 525 g/mol. The molecule has 1 saturated heterocycles. The van der Waals surface area contributed by atoms with Gasteiger partial charge in [-0.25, -0.2) is 4.79 Å². The first kappa shape index (κ1) is 11.3. The molecule has 0 saturated carbocycles. The molecule has 1 aliphatic heterocycles. The normalized spacial score (nSPS) is 36.1. The van der Waals surface area contributed by atoms with Gasteiger partial charge in [0.25, 0.3) is 0 Å². The molecule has 2 atom stereocenters. The summed E-state index contributed by atoms with van der Waals surface area (Å²) in [5, 5.41) is 0. The van der Waals surface area contributed by atoms with E-state index in [9.17, 15) is 9.59 Å². The SMILES string of the molecule is O=C1OC(=O)C2(I)C(I)=CC(I)=CC12. The molecule has 0 radical (unpaired) electrons. The van der Waals surface area contributed by atoms with Gasteiger partial charge < -0.3 is 4.74 Å². The zero-order valence-corrected chi connectivity index (χ0v) is 13.1. The van der Waals surface area contributed by atoms with E-state index in [4.69, 9.17) is 0 Å². The Morgan fingerprint density at radius 2 is 2.00 bits per heavy atom. The highest BCUT2D eigenvalue weighted by molar-refractivity contribution is 14.1. The van der Waals surface area contributed by atoms with Crippen molar-refractivity contribution < 1.29 is 14.3 Å². The van der Waals surface area contributed by atoms with Gasteiger partial charge in [-0.05, 0) is 51.3 Å². The van der Waals surface area contributed by atoms with Gasteiger partial charge in [0.05, 0.1) is 0 Å². The second-order valence-electron chi connectivity index (χ2n) is 2.94. The Balaban J connectivity index is 2.57. The predicted octanol–water partition coefficient (Wildman–Crippen LogP) is 2.51. The van der Waals surface area contributed by atoms with Crippen molar-refractivity contribution in [1.29, 1.82) is 0 Å². The van der Waals surface area contributed by atoms with Gasteiger partial charge in [0.1, 0.15) is 5.92 Å². The summed E-state index contributed by atoms with van der Waals surface area (Å²) in [6, 6.07) is 0. The van der Waals surface area contributed by atoms with E-state index in [0.29, 0.717) is 0 Å². The minimum Gasteiger partial charge on any atom is -0.391 e. The Kier molecular flexibility index (Phi) is 2.97. The van der Waals surface area contributed by atoms with Crippen molar-refractivity contribution in [2.24, 2.45) is 5.92 Å². The van der Waals surface area contributed by atoms with Gasteiger partial charge >= 0.3 is 11.9 Å². The first-order chi connectivity index (χ1) is 6.46. The van der Waals surface area contributed by atoms with Crippen LogP contribution in [-0.4, -0.2) is 15.4 Å². The second kappa shape index (κ2) is 3.68. The van der Waals surface area contributed by atoms with Crippen molar-refractivity contribution in [1.82, 2.24) is 0 Å². The largest absolute Gasteiger partial charge is 0.391 e. The van der Waals surface area contributed by atoms with E-state index in [1.165, 1.54) is 0 Å². The number of carbonyl (C=O) groups excluding carboxylic acids is 2. The summed E-state index contributed by atoms with van der Waals surface area (Å²) in [5.41, 5.74) is 0. The summed E-state index contributed by atoms with van der Waals surface area (Å²) >= 11 is 6.22. The number of carbonyl (C=O) groups is 2. The van der Waals surface area contributed by atoms with E-state index in [1.54, 1.807) is 6.08 Å². The number of cyclic esters (lactones) is 2. The molecule has 2 aliphatic rings. The van der Waals surface area contributed by atoms with Crippen molar-refractivity contribution in [3.05, 3.63) is 19.3 Å². The van der Waals surface area contributed by atoms with Crippen LogP contribution < -0.4 is 0 Å². The Hall–Kier alpha value is 0.810. The molecule has 0 amide bonds. The van der Waals surface area contributed by atoms with Crippen LogP contribution in [0.2, 0.25) is 0 Å². The number of rotatable bonds is 0. The molecule has 6 heteroatoms. The van der Waals surface area contributed by atoms with Crippen LogP contribution in [0.1, 0.15) is 0 Å². The maximum absolute atomic E-state index is 11.5. The number of esters is 2. The molecule has 0 aromatic carbocycles. The number of allylic oxidation sites excluding steroid dienone is 2. The molecule has 74 valence electrons. The molecule has 0 aromatic rings. The number of alkyl halides is 1. The van der Waals surface area contributed by atoms with Gasteiger partial charge in [0.2, 0.25) is 0 Å². The van der Waals surface area contributed by atoms with E-state index in [1.807, 2.05) is 28.7 Å². The van der Waals surface area contributed by atoms with Gasteiger partial charge in [-0.2, -0.15) is 0 Å². The lowest BCUT2D eigenvalue weighted by atomic mass is 9.91. The topological polar surface area (TPSA) is 43.4 Å². The van der Waals surface area contributed by atoms with Crippen molar-refractivity contribution in [3.8, 4) is 0 Å². The molecule has 3 nitrogen and oxygen atoms in total. The van der Waals surface area contributed by atoms with Gasteiger partial charge in [0.15, 0.2) is 3.42 Å². The maximum Gasteiger partial charge on any atom is 0.335 e. The summed E-state index contributed by atoms with van der Waals surface area (Å²) in [7, 11) is 0. The van der Waals surface area contributed by atoms with E-state index in [-0.39, 0.29) is 0 Å². The van der Waals surface area contributed by atoms with Gasteiger partial charge in [0, 0.05) is 7.16 Å².